The zero-order chi connectivity index (χ0) is 13.6. The molecule has 0 heterocycles. The lowest BCUT2D eigenvalue weighted by Gasteiger charge is -2.39. The van der Waals surface area contributed by atoms with Crippen molar-refractivity contribution >= 4 is 20.1 Å². The van der Waals surface area contributed by atoms with Gasteiger partial charge in [0, 0.05) is 0 Å². The molecule has 0 aromatic heterocycles. The first kappa shape index (κ1) is 14.0. The first-order valence-corrected chi connectivity index (χ1v) is 7.70. The van der Waals surface area contributed by atoms with Crippen LogP contribution in [0.2, 0.25) is 0 Å². The van der Waals surface area contributed by atoms with Crippen molar-refractivity contribution in [2.75, 3.05) is 5.08 Å². The Bertz CT molecular complexity index is 531. The van der Waals surface area contributed by atoms with Crippen LogP contribution in [0.15, 0.2) is 29.2 Å². The highest BCUT2D eigenvalue weighted by molar-refractivity contribution is 8.49. The largest absolute Gasteiger partial charge is 0.508 e. The maximum atomic E-state index is 12.0. The van der Waals surface area contributed by atoms with E-state index in [0.29, 0.717) is 12.1 Å². The van der Waals surface area contributed by atoms with Crippen LogP contribution >= 0.6 is 10.2 Å². The molecule has 0 bridgehead atoms. The summed E-state index contributed by atoms with van der Waals surface area (Å²) in [4.78, 5) is -0.927. The van der Waals surface area contributed by atoms with Crippen molar-refractivity contribution in [1.82, 2.24) is 0 Å². The van der Waals surface area contributed by atoms with Gasteiger partial charge in [0.2, 0.25) is 0 Å². The average molecular weight is 298 g/mol. The van der Waals surface area contributed by atoms with Crippen LogP contribution in [-0.4, -0.2) is 18.6 Å². The molecule has 1 aromatic carbocycles. The molecular formula is C7H7F5O3S2. The van der Waals surface area contributed by atoms with Gasteiger partial charge in [-0.1, -0.05) is 19.4 Å². The van der Waals surface area contributed by atoms with E-state index >= 15 is 0 Å². The molecule has 0 aliphatic carbocycles. The fourth-order valence-corrected chi connectivity index (χ4v) is 4.46. The maximum absolute atomic E-state index is 12.0. The SMILES string of the molecule is O=S(=O)(CS(F)(F)(F)(F)F)c1ccc(O)cc1. The summed E-state index contributed by atoms with van der Waals surface area (Å²) in [5.74, 6) is -0.392. The molecule has 10 heteroatoms. The van der Waals surface area contributed by atoms with Crippen LogP contribution in [-0.2, 0) is 9.84 Å². The first-order chi connectivity index (χ1) is 7.18. The van der Waals surface area contributed by atoms with E-state index in [9.17, 15) is 27.8 Å². The molecule has 0 amide bonds. The summed E-state index contributed by atoms with van der Waals surface area (Å²) in [5, 5.41) is 5.62. The summed E-state index contributed by atoms with van der Waals surface area (Å²) in [6.07, 6.45) is 0. The number of aromatic hydroxyl groups is 1. The molecule has 1 N–H and O–H groups in total. The predicted molar refractivity (Wildman–Crippen MR) is 53.3 cm³/mol. The number of halogens is 5. The van der Waals surface area contributed by atoms with Crippen molar-refractivity contribution in [2.45, 2.75) is 4.90 Å². The smallest absolute Gasteiger partial charge is 0.298 e. The third kappa shape index (κ3) is 4.77. The van der Waals surface area contributed by atoms with Gasteiger partial charge in [0.25, 0.3) is 10.2 Å². The molecule has 0 fully saturated rings. The summed E-state index contributed by atoms with van der Waals surface area (Å²) in [7, 11) is -15.2. The second-order valence-electron chi connectivity index (χ2n) is 3.36. The lowest BCUT2D eigenvalue weighted by molar-refractivity contribution is 0.372. The van der Waals surface area contributed by atoms with Gasteiger partial charge in [0.1, 0.15) is 5.75 Å². The van der Waals surface area contributed by atoms with Crippen molar-refractivity contribution in [3.63, 3.8) is 0 Å². The predicted octanol–water partition coefficient (Wildman–Crippen LogP) is 3.42. The first-order valence-electron chi connectivity index (χ1n) is 3.93. The molecule has 0 radical (unpaired) electrons. The number of rotatable bonds is 3. The van der Waals surface area contributed by atoms with Gasteiger partial charge in [-0.2, -0.15) is 0 Å². The van der Waals surface area contributed by atoms with E-state index in [4.69, 9.17) is 5.11 Å². The minimum atomic E-state index is -10.0. The topological polar surface area (TPSA) is 54.4 Å². The monoisotopic (exact) mass is 298 g/mol. The van der Waals surface area contributed by atoms with Crippen molar-refractivity contribution in [3.05, 3.63) is 24.3 Å². The number of hydrogen-bond donors (Lipinski definition) is 1. The van der Waals surface area contributed by atoms with Crippen molar-refractivity contribution < 1.29 is 33.0 Å². The summed E-state index contributed by atoms with van der Waals surface area (Å²) in [5.41, 5.74) is 0. The summed E-state index contributed by atoms with van der Waals surface area (Å²) < 4.78 is 82.5. The molecular weight excluding hydrogens is 291 g/mol. The Kier molecular flexibility index (Phi) is 2.51. The van der Waals surface area contributed by atoms with Crippen LogP contribution in [0.25, 0.3) is 0 Å². The molecule has 1 rings (SSSR count). The van der Waals surface area contributed by atoms with Crippen molar-refractivity contribution in [2.24, 2.45) is 0 Å². The quantitative estimate of drug-likeness (QED) is 0.870. The lowest BCUT2D eigenvalue weighted by Crippen LogP contribution is -2.20. The van der Waals surface area contributed by atoms with Gasteiger partial charge in [-0.25, -0.2) is 8.42 Å². The summed E-state index contributed by atoms with van der Waals surface area (Å²) in [6, 6.07) is 2.82. The number of benzene rings is 1. The Labute approximate surface area is 93.5 Å². The van der Waals surface area contributed by atoms with E-state index in [1.165, 1.54) is 0 Å². The van der Waals surface area contributed by atoms with E-state index in [0.717, 1.165) is 12.1 Å². The van der Waals surface area contributed by atoms with Crippen LogP contribution in [0.5, 0.6) is 5.75 Å². The lowest BCUT2D eigenvalue weighted by atomic mass is 10.3. The molecule has 0 aliphatic rings. The standard InChI is InChI=1S/C7H7F5O3S2/c8-17(9,10,11,12)5-16(14,15)7-3-1-6(13)2-4-7/h1-4,13H,5H2. The zero-order valence-corrected chi connectivity index (χ0v) is 9.62. The Hall–Kier alpha value is -1.03. The van der Waals surface area contributed by atoms with Crippen molar-refractivity contribution in [3.8, 4) is 5.75 Å². The molecule has 0 unspecified atom stereocenters. The Morgan fingerprint density at radius 3 is 1.76 bits per heavy atom. The Balaban J connectivity index is 3.20. The van der Waals surface area contributed by atoms with Gasteiger partial charge in [0.15, 0.2) is 14.9 Å². The van der Waals surface area contributed by atoms with Gasteiger partial charge in [-0.3, -0.25) is 0 Å². The highest BCUT2D eigenvalue weighted by atomic mass is 32.5. The molecule has 3 nitrogen and oxygen atoms in total. The molecule has 0 atom stereocenters. The average Bonchev–Trinajstić information content (AvgIpc) is 1.97. The van der Waals surface area contributed by atoms with Gasteiger partial charge < -0.3 is 5.11 Å². The van der Waals surface area contributed by atoms with Gasteiger partial charge in [-0.15, -0.1) is 0 Å². The molecule has 100 valence electrons. The van der Waals surface area contributed by atoms with Crippen LogP contribution in [0.1, 0.15) is 0 Å². The Morgan fingerprint density at radius 1 is 1.00 bits per heavy atom. The highest BCUT2D eigenvalue weighted by Gasteiger charge is 2.66. The van der Waals surface area contributed by atoms with Gasteiger partial charge in [0.05, 0.1) is 4.90 Å². The number of phenols is 1. The second kappa shape index (κ2) is 3.05. The van der Waals surface area contributed by atoms with E-state index in [1.807, 2.05) is 0 Å². The highest BCUT2D eigenvalue weighted by Crippen LogP contribution is 2.98. The van der Waals surface area contributed by atoms with Gasteiger partial charge in [-0.05, 0) is 24.3 Å². The Morgan fingerprint density at radius 2 is 1.41 bits per heavy atom. The normalized spacial score (nSPS) is 17.2. The van der Waals surface area contributed by atoms with Crippen LogP contribution in [0.3, 0.4) is 0 Å². The number of phenolic OH excluding ortho intramolecular Hbond substituents is 1. The van der Waals surface area contributed by atoms with Crippen LogP contribution < -0.4 is 0 Å². The van der Waals surface area contributed by atoms with E-state index in [2.05, 4.69) is 0 Å². The fraction of sp³-hybridized carbons (Fsp3) is 0.143. The third-order valence-electron chi connectivity index (χ3n) is 1.57. The minimum Gasteiger partial charge on any atom is -0.508 e. The minimum absolute atomic E-state index is 0.392. The number of hydrogen-bond acceptors (Lipinski definition) is 3. The number of sulfone groups is 1. The van der Waals surface area contributed by atoms with E-state index in [-0.39, 0.29) is 0 Å². The van der Waals surface area contributed by atoms with E-state index in [1.54, 1.807) is 0 Å². The summed E-state index contributed by atoms with van der Waals surface area (Å²) >= 11 is 0. The third-order valence-corrected chi connectivity index (χ3v) is 5.59. The van der Waals surface area contributed by atoms with E-state index < -0.39 is 35.8 Å². The molecule has 17 heavy (non-hydrogen) atoms. The molecule has 0 spiro atoms. The molecule has 1 aromatic rings. The summed E-state index contributed by atoms with van der Waals surface area (Å²) in [6.45, 7) is 0. The van der Waals surface area contributed by atoms with Gasteiger partial charge >= 0.3 is 0 Å². The van der Waals surface area contributed by atoms with Crippen LogP contribution in [0, 0.1) is 0 Å². The molecule has 0 aliphatic heterocycles. The fourth-order valence-electron chi connectivity index (χ4n) is 1.01. The van der Waals surface area contributed by atoms with Crippen molar-refractivity contribution in [1.29, 1.82) is 0 Å². The molecule has 0 saturated heterocycles. The zero-order valence-electron chi connectivity index (χ0n) is 7.99. The van der Waals surface area contributed by atoms with Crippen LogP contribution in [0.4, 0.5) is 19.4 Å². The maximum Gasteiger partial charge on any atom is 0.298 e. The molecule has 0 saturated carbocycles. The second-order valence-corrected chi connectivity index (χ2v) is 8.26.